The van der Waals surface area contributed by atoms with Gasteiger partial charge in [-0.2, -0.15) is 0 Å². The highest BCUT2D eigenvalue weighted by Gasteiger charge is 2.32. The Labute approximate surface area is 443 Å². The van der Waals surface area contributed by atoms with E-state index in [9.17, 15) is 0 Å². The molecule has 1 unspecified atom stereocenters. The van der Waals surface area contributed by atoms with Crippen LogP contribution < -0.4 is 23.0 Å². The lowest BCUT2D eigenvalue weighted by atomic mass is 9.93. The van der Waals surface area contributed by atoms with E-state index in [1.54, 1.807) is 14.2 Å². The van der Waals surface area contributed by atoms with Gasteiger partial charge in [-0.25, -0.2) is 0 Å². The van der Waals surface area contributed by atoms with Crippen molar-refractivity contribution in [3.8, 4) is 39.9 Å². The van der Waals surface area contributed by atoms with Crippen molar-refractivity contribution in [2.75, 3.05) is 20.8 Å². The third kappa shape index (κ3) is 11.6. The number of benzene rings is 8. The van der Waals surface area contributed by atoms with Gasteiger partial charge in [-0.05, 0) is 137 Å². The van der Waals surface area contributed by atoms with Crippen molar-refractivity contribution in [2.45, 2.75) is 74.7 Å². The van der Waals surface area contributed by atoms with E-state index in [0.717, 1.165) is 83.3 Å². The Bertz CT molecular complexity index is 3630. The molecule has 0 aliphatic carbocycles. The normalized spacial score (nSPS) is 14.6. The number of aryl methyl sites for hydroxylation is 1. The molecule has 0 bridgehead atoms. The van der Waals surface area contributed by atoms with Gasteiger partial charge in [0.05, 0.1) is 20.8 Å². The number of allylic oxidation sites excluding steroid dienone is 7. The average Bonchev–Trinajstić information content (AvgIpc) is 3.71. The molecule has 1 aliphatic heterocycles. The molecule has 0 radical (unpaired) electrons. The van der Waals surface area contributed by atoms with Gasteiger partial charge in [0.1, 0.15) is 39.9 Å². The fourth-order valence-electron chi connectivity index (χ4n) is 9.25. The Hall–Kier alpha value is -7.21. The Kier molecular flexibility index (Phi) is 16.5. The third-order valence-corrected chi connectivity index (χ3v) is 15.1. The molecule has 0 spiro atoms. The monoisotopic (exact) mass is 1040 g/mol. The zero-order valence-electron chi connectivity index (χ0n) is 44.8. The first kappa shape index (κ1) is 52.6. The molecule has 0 N–H and O–H groups in total. The predicted octanol–water partition coefficient (Wildman–Crippen LogP) is 20.3. The summed E-state index contributed by atoms with van der Waals surface area (Å²) in [4.78, 5) is 0. The number of rotatable bonds is 12. The van der Waals surface area contributed by atoms with Crippen LogP contribution in [0.2, 0.25) is 0 Å². The Morgan fingerprint density at radius 1 is 0.627 bits per heavy atom. The van der Waals surface area contributed by atoms with Crippen molar-refractivity contribution < 1.29 is 36.0 Å². The zero-order chi connectivity index (χ0) is 52.8. The highest BCUT2D eigenvalue weighted by atomic mass is 31.2. The second-order valence-corrected chi connectivity index (χ2v) is 21.8. The molecule has 10 heteroatoms. The van der Waals surface area contributed by atoms with Crippen LogP contribution in [0.3, 0.4) is 0 Å². The number of hydrogen-bond donors (Lipinski definition) is 0. The van der Waals surface area contributed by atoms with Gasteiger partial charge in [0.2, 0.25) is 0 Å². The number of fused-ring (bicyclic) bond motifs is 10. The van der Waals surface area contributed by atoms with E-state index in [1.165, 1.54) is 5.57 Å². The maximum absolute atomic E-state index is 7.17. The number of hydrogen-bond acceptors (Lipinski definition) is 8. The highest BCUT2D eigenvalue weighted by molar-refractivity contribution is 7.42. The maximum Gasteiger partial charge on any atom is 0.463 e. The van der Waals surface area contributed by atoms with Crippen molar-refractivity contribution in [3.05, 3.63) is 192 Å². The molecule has 0 amide bonds. The summed E-state index contributed by atoms with van der Waals surface area (Å²) in [6.07, 6.45) is 11.6. The molecule has 8 aromatic carbocycles. The summed E-state index contributed by atoms with van der Waals surface area (Å²) in [5.74, 6) is 3.90. The lowest BCUT2D eigenvalue weighted by Crippen LogP contribution is -2.04. The van der Waals surface area contributed by atoms with Crippen LogP contribution in [-0.2, 0) is 4.52 Å². The summed E-state index contributed by atoms with van der Waals surface area (Å²) < 4.78 is 53.7. The van der Waals surface area contributed by atoms with Crippen molar-refractivity contribution in [2.24, 2.45) is 5.92 Å². The van der Waals surface area contributed by atoms with Crippen molar-refractivity contribution in [1.82, 2.24) is 0 Å². The molecule has 1 aliphatic rings. The van der Waals surface area contributed by atoms with E-state index < -0.39 is 16.8 Å². The van der Waals surface area contributed by atoms with Gasteiger partial charge in [0, 0.05) is 33.0 Å². The van der Waals surface area contributed by atoms with Gasteiger partial charge in [-0.15, -0.1) is 0 Å². The molecule has 384 valence electrons. The summed E-state index contributed by atoms with van der Waals surface area (Å²) in [5.41, 5.74) is 8.74. The highest BCUT2D eigenvalue weighted by Crippen LogP contribution is 2.55. The second-order valence-electron chi connectivity index (χ2n) is 19.7. The smallest absolute Gasteiger partial charge is 0.463 e. The number of ether oxygens (including phenoxy) is 2. The summed E-state index contributed by atoms with van der Waals surface area (Å²) >= 11 is 0. The summed E-state index contributed by atoms with van der Waals surface area (Å²) in [6, 6.07) is 45.3. The molecule has 9 aromatic rings. The van der Waals surface area contributed by atoms with Crippen LogP contribution in [0.4, 0.5) is 0 Å². The first-order valence-electron chi connectivity index (χ1n) is 25.6. The van der Waals surface area contributed by atoms with Crippen LogP contribution in [0, 0.1) is 12.8 Å². The quantitative estimate of drug-likeness (QED) is 0.0884. The molecular formula is C65H66O8P2. The summed E-state index contributed by atoms with van der Waals surface area (Å²) in [5, 5.41) is 8.41. The molecule has 0 fully saturated rings. The van der Waals surface area contributed by atoms with Gasteiger partial charge >= 0.3 is 16.8 Å². The van der Waals surface area contributed by atoms with Gasteiger partial charge in [-0.1, -0.05) is 162 Å². The Morgan fingerprint density at radius 2 is 1.16 bits per heavy atom. The minimum Gasteiger partial charge on any atom is -0.497 e. The minimum atomic E-state index is -2.10. The SMILES string of the molecule is C/C=C(C)/C=C\C/C=C\C(C)=C1\COP(Oc2c(-c3cc(OC)cc(C)c3Op3oc4ccc5ccccc5c4c4c(ccc5ccccc54)o3)cc(OC)cc2C(C)C)Oc2ccc3ccccc3c21.CC(C)C. The van der Waals surface area contributed by atoms with Gasteiger partial charge < -0.3 is 31.4 Å². The van der Waals surface area contributed by atoms with Crippen LogP contribution >= 0.6 is 16.8 Å². The molecule has 0 saturated carbocycles. The van der Waals surface area contributed by atoms with E-state index in [1.807, 2.05) is 49.4 Å². The third-order valence-electron chi connectivity index (χ3n) is 13.1. The molecule has 1 atom stereocenters. The predicted molar refractivity (Wildman–Crippen MR) is 315 cm³/mol. The maximum atomic E-state index is 7.17. The van der Waals surface area contributed by atoms with Gasteiger partial charge in [0.25, 0.3) is 0 Å². The number of methoxy groups -OCH3 is 2. The van der Waals surface area contributed by atoms with Crippen LogP contribution in [0.5, 0.6) is 28.7 Å². The topological polar surface area (TPSA) is 81.7 Å². The molecule has 10 rings (SSSR count). The van der Waals surface area contributed by atoms with Crippen LogP contribution in [0.15, 0.2) is 183 Å². The Morgan fingerprint density at radius 3 is 1.75 bits per heavy atom. The molecular weight excluding hydrogens is 971 g/mol. The zero-order valence-corrected chi connectivity index (χ0v) is 46.6. The van der Waals surface area contributed by atoms with Gasteiger partial charge in [-0.3, -0.25) is 4.52 Å². The van der Waals surface area contributed by atoms with Crippen LogP contribution in [0.1, 0.15) is 84.4 Å². The molecule has 0 saturated heterocycles. The molecule has 8 nitrogen and oxygen atoms in total. The van der Waals surface area contributed by atoms with E-state index >= 15 is 0 Å². The fraction of sp³-hybridized carbons (Fsp3) is 0.231. The average molecular weight is 1040 g/mol. The van der Waals surface area contributed by atoms with Gasteiger partial charge in [0.15, 0.2) is 0 Å². The first-order valence-corrected chi connectivity index (χ1v) is 27.8. The van der Waals surface area contributed by atoms with Crippen LogP contribution in [-0.4, -0.2) is 20.8 Å². The fourth-order valence-corrected chi connectivity index (χ4v) is 11.4. The second kappa shape index (κ2) is 23.6. The standard InChI is InChI=1S/C61H56O8P2.C4H10/c1-9-39(4)19-11-10-12-20-40(5)53-37-64-70(65-54-30-27-42-21-13-16-24-47(42)57(53)54)69-61-50(38(2)3)34-46(63-8)36-52(61)51-35-45(62-7)33-41(6)60(51)68-71-66-55-31-28-43-22-14-17-25-48(43)58(55)59-49-26-18-15-23-44(49)29-32-56(59)67-71;1-4(2)3/h9,11-36,38H,10,37H2,1-8H3;4H,1-3H3/b19-11-,20-12-,39-9+,53-40-;. The van der Waals surface area contributed by atoms with Crippen LogP contribution in [0.25, 0.3) is 71.0 Å². The molecule has 75 heavy (non-hydrogen) atoms. The van der Waals surface area contributed by atoms with E-state index in [2.05, 4.69) is 177 Å². The largest absolute Gasteiger partial charge is 0.497 e. The van der Waals surface area contributed by atoms with Crippen molar-refractivity contribution in [1.29, 1.82) is 0 Å². The first-order chi connectivity index (χ1) is 36.3. The van der Waals surface area contributed by atoms with E-state index in [-0.39, 0.29) is 12.5 Å². The van der Waals surface area contributed by atoms with E-state index in [4.69, 9.17) is 36.0 Å². The van der Waals surface area contributed by atoms with Crippen molar-refractivity contribution >= 4 is 76.7 Å². The van der Waals surface area contributed by atoms with E-state index in [0.29, 0.717) is 51.0 Å². The summed E-state index contributed by atoms with van der Waals surface area (Å²) in [6.45, 7) is 19.3. The molecule has 1 aromatic heterocycles. The lowest BCUT2D eigenvalue weighted by molar-refractivity contribution is 0.303. The van der Waals surface area contributed by atoms with Crippen molar-refractivity contribution in [3.63, 3.8) is 0 Å². The molecule has 2 heterocycles. The summed E-state index contributed by atoms with van der Waals surface area (Å²) in [7, 11) is -0.795. The Balaban J connectivity index is 0.00000166. The lowest BCUT2D eigenvalue weighted by Gasteiger charge is -2.24. The minimum absolute atomic E-state index is 0.00262.